The molecule has 0 unspecified atom stereocenters. The summed E-state index contributed by atoms with van der Waals surface area (Å²) in [6, 6.07) is 3.67. The fraction of sp³-hybridized carbons (Fsp3) is 0.462. The van der Waals surface area contributed by atoms with Crippen molar-refractivity contribution >= 4 is 23.0 Å². The maximum absolute atomic E-state index is 11.3. The van der Waals surface area contributed by atoms with Crippen LogP contribution in [0.15, 0.2) is 12.1 Å². The second-order valence-electron chi connectivity index (χ2n) is 5.50. The van der Waals surface area contributed by atoms with Crippen LogP contribution in [0.1, 0.15) is 19.4 Å². The lowest BCUT2D eigenvalue weighted by atomic mass is 9.95. The monoisotopic (exact) mass is 249 g/mol. The van der Waals surface area contributed by atoms with Crippen LogP contribution in [0.3, 0.4) is 0 Å². The molecule has 1 aliphatic heterocycles. The van der Waals surface area contributed by atoms with Crippen LogP contribution in [0.2, 0.25) is 0 Å². The number of rotatable bonds is 4. The lowest BCUT2D eigenvalue weighted by Gasteiger charge is -2.23. The van der Waals surface area contributed by atoms with Gasteiger partial charge in [-0.2, -0.15) is 0 Å². The molecule has 0 aliphatic carbocycles. The highest BCUT2D eigenvalue weighted by Crippen LogP contribution is 2.32. The van der Waals surface area contributed by atoms with Crippen molar-refractivity contribution in [2.75, 3.05) is 29.5 Å². The first-order chi connectivity index (χ1) is 8.41. The third-order valence-corrected chi connectivity index (χ3v) is 3.09. The van der Waals surface area contributed by atoms with Gasteiger partial charge < -0.3 is 21.5 Å². The van der Waals surface area contributed by atoms with Crippen LogP contribution >= 0.6 is 0 Å². The Morgan fingerprint density at radius 1 is 1.50 bits per heavy atom. The van der Waals surface area contributed by atoms with Gasteiger partial charge in [0.15, 0.2) is 0 Å². The molecule has 0 aromatic heterocycles. The zero-order valence-corrected chi connectivity index (χ0v) is 10.7. The number of amides is 1. The van der Waals surface area contributed by atoms with Gasteiger partial charge in [-0.1, -0.05) is 13.8 Å². The van der Waals surface area contributed by atoms with E-state index in [1.807, 2.05) is 26.0 Å². The van der Waals surface area contributed by atoms with Crippen molar-refractivity contribution < 1.29 is 9.90 Å². The number of benzene rings is 1. The average Bonchev–Trinajstić information content (AvgIpc) is 2.65. The fourth-order valence-corrected chi connectivity index (χ4v) is 1.84. The molecular weight excluding hydrogens is 230 g/mol. The Bertz CT molecular complexity index is 483. The minimum Gasteiger partial charge on any atom is -0.397 e. The summed E-state index contributed by atoms with van der Waals surface area (Å²) in [5, 5.41) is 15.2. The van der Waals surface area contributed by atoms with Gasteiger partial charge in [0.1, 0.15) is 0 Å². The number of nitrogens with two attached hydrogens (primary N) is 1. The molecule has 18 heavy (non-hydrogen) atoms. The molecule has 0 atom stereocenters. The second-order valence-corrected chi connectivity index (χ2v) is 5.50. The average molecular weight is 249 g/mol. The number of anilines is 3. The SMILES string of the molecule is CC(C)(CO)CNc1cc2c(cc1N)CC(=O)N2. The van der Waals surface area contributed by atoms with Crippen LogP contribution in [-0.4, -0.2) is 24.2 Å². The van der Waals surface area contributed by atoms with Crippen molar-refractivity contribution in [3.63, 3.8) is 0 Å². The number of nitrogens with one attached hydrogen (secondary N) is 2. The summed E-state index contributed by atoms with van der Waals surface area (Å²) in [6.07, 6.45) is 0.391. The number of hydrogen-bond donors (Lipinski definition) is 4. The van der Waals surface area contributed by atoms with Crippen molar-refractivity contribution in [2.45, 2.75) is 20.3 Å². The van der Waals surface area contributed by atoms with E-state index >= 15 is 0 Å². The molecule has 5 heteroatoms. The largest absolute Gasteiger partial charge is 0.397 e. The predicted octanol–water partition coefficient (Wildman–Crippen LogP) is 1.19. The number of aliphatic hydroxyl groups excluding tert-OH is 1. The summed E-state index contributed by atoms with van der Waals surface area (Å²) < 4.78 is 0. The van der Waals surface area contributed by atoms with Crippen LogP contribution in [-0.2, 0) is 11.2 Å². The summed E-state index contributed by atoms with van der Waals surface area (Å²) in [5.41, 5.74) is 8.90. The first kappa shape index (κ1) is 12.7. The van der Waals surface area contributed by atoms with Crippen LogP contribution in [0.4, 0.5) is 17.1 Å². The summed E-state index contributed by atoms with van der Waals surface area (Å²) in [6.45, 7) is 4.64. The van der Waals surface area contributed by atoms with E-state index in [9.17, 15) is 9.90 Å². The van der Waals surface area contributed by atoms with E-state index in [0.29, 0.717) is 18.7 Å². The van der Waals surface area contributed by atoms with E-state index in [1.54, 1.807) is 0 Å². The van der Waals surface area contributed by atoms with Gasteiger partial charge in [0.05, 0.1) is 17.8 Å². The molecule has 5 N–H and O–H groups in total. The van der Waals surface area contributed by atoms with Crippen LogP contribution in [0.25, 0.3) is 0 Å². The van der Waals surface area contributed by atoms with E-state index in [-0.39, 0.29) is 17.9 Å². The van der Waals surface area contributed by atoms with Crippen molar-refractivity contribution in [3.8, 4) is 0 Å². The molecule has 1 heterocycles. The van der Waals surface area contributed by atoms with Gasteiger partial charge in [-0.15, -0.1) is 0 Å². The number of carbonyl (C=O) groups is 1. The zero-order chi connectivity index (χ0) is 13.3. The Morgan fingerprint density at radius 3 is 2.89 bits per heavy atom. The Morgan fingerprint density at radius 2 is 2.22 bits per heavy atom. The third-order valence-electron chi connectivity index (χ3n) is 3.09. The normalized spacial score (nSPS) is 14.3. The maximum Gasteiger partial charge on any atom is 0.228 e. The van der Waals surface area contributed by atoms with Crippen LogP contribution in [0, 0.1) is 5.41 Å². The quantitative estimate of drug-likeness (QED) is 0.604. The zero-order valence-electron chi connectivity index (χ0n) is 10.7. The lowest BCUT2D eigenvalue weighted by Crippen LogP contribution is -2.27. The van der Waals surface area contributed by atoms with Gasteiger partial charge in [-0.05, 0) is 17.7 Å². The first-order valence-corrected chi connectivity index (χ1v) is 5.98. The van der Waals surface area contributed by atoms with Gasteiger partial charge in [0.2, 0.25) is 5.91 Å². The number of hydrogen-bond acceptors (Lipinski definition) is 4. The van der Waals surface area contributed by atoms with Gasteiger partial charge in [-0.25, -0.2) is 0 Å². The van der Waals surface area contributed by atoms with Crippen molar-refractivity contribution in [3.05, 3.63) is 17.7 Å². The number of nitrogen functional groups attached to an aromatic ring is 1. The first-order valence-electron chi connectivity index (χ1n) is 5.98. The van der Waals surface area contributed by atoms with Crippen LogP contribution in [0.5, 0.6) is 0 Å². The lowest BCUT2D eigenvalue weighted by molar-refractivity contribution is -0.115. The molecule has 0 saturated heterocycles. The smallest absolute Gasteiger partial charge is 0.228 e. The summed E-state index contributed by atoms with van der Waals surface area (Å²) in [5.74, 6) is -0.00256. The van der Waals surface area contributed by atoms with Gasteiger partial charge in [0, 0.05) is 24.3 Å². The van der Waals surface area contributed by atoms with Gasteiger partial charge in [0.25, 0.3) is 0 Å². The number of aliphatic hydroxyl groups is 1. The standard InChI is InChI=1S/C13H19N3O2/c1-13(2,7-17)6-15-11-5-10-8(3-9(11)14)4-12(18)16-10/h3,5,15,17H,4,6-7,14H2,1-2H3,(H,16,18). The fourth-order valence-electron chi connectivity index (χ4n) is 1.84. The summed E-state index contributed by atoms with van der Waals surface area (Å²) in [4.78, 5) is 11.3. The number of carbonyl (C=O) groups excluding carboxylic acids is 1. The van der Waals surface area contributed by atoms with E-state index in [4.69, 9.17) is 5.73 Å². The van der Waals surface area contributed by atoms with E-state index in [1.165, 1.54) is 0 Å². The number of fused-ring (bicyclic) bond motifs is 1. The van der Waals surface area contributed by atoms with Gasteiger partial charge >= 0.3 is 0 Å². The molecule has 1 aliphatic rings. The second kappa shape index (κ2) is 4.49. The van der Waals surface area contributed by atoms with Crippen molar-refractivity contribution in [1.29, 1.82) is 0 Å². The molecule has 5 nitrogen and oxygen atoms in total. The minimum atomic E-state index is -0.214. The van der Waals surface area contributed by atoms with Crippen molar-refractivity contribution in [2.24, 2.45) is 5.41 Å². The van der Waals surface area contributed by atoms with Crippen molar-refractivity contribution in [1.82, 2.24) is 0 Å². The highest BCUT2D eigenvalue weighted by molar-refractivity contribution is 6.00. The molecule has 1 aromatic rings. The molecule has 0 bridgehead atoms. The maximum atomic E-state index is 11.3. The third kappa shape index (κ3) is 2.56. The van der Waals surface area contributed by atoms with Crippen LogP contribution < -0.4 is 16.4 Å². The molecule has 1 amide bonds. The Balaban J connectivity index is 2.15. The molecule has 1 aromatic carbocycles. The predicted molar refractivity (Wildman–Crippen MR) is 72.5 cm³/mol. The summed E-state index contributed by atoms with van der Waals surface area (Å²) >= 11 is 0. The van der Waals surface area contributed by atoms with Gasteiger partial charge in [-0.3, -0.25) is 4.79 Å². The highest BCUT2D eigenvalue weighted by Gasteiger charge is 2.21. The molecule has 0 saturated carbocycles. The topological polar surface area (TPSA) is 87.4 Å². The molecule has 0 fully saturated rings. The molecular formula is C13H19N3O2. The summed E-state index contributed by atoms with van der Waals surface area (Å²) in [7, 11) is 0. The van der Waals surface area contributed by atoms with E-state index < -0.39 is 0 Å². The minimum absolute atomic E-state index is 0.00256. The van der Waals surface area contributed by atoms with E-state index in [2.05, 4.69) is 10.6 Å². The van der Waals surface area contributed by atoms with E-state index in [0.717, 1.165) is 16.9 Å². The Kier molecular flexibility index (Phi) is 3.17. The molecule has 2 rings (SSSR count). The molecule has 98 valence electrons. The molecule has 0 radical (unpaired) electrons. The Labute approximate surface area is 106 Å². The Hall–Kier alpha value is -1.75. The highest BCUT2D eigenvalue weighted by atomic mass is 16.3. The molecule has 0 spiro atoms.